The Morgan fingerprint density at radius 1 is 1.27 bits per heavy atom. The molecule has 0 aromatic heterocycles. The molecule has 2 rings (SSSR count). The lowest BCUT2D eigenvalue weighted by Gasteiger charge is -2.37. The average molecular weight is 208 g/mol. The molecule has 2 nitrogen and oxygen atoms in total. The molecule has 15 heavy (non-hydrogen) atoms. The summed E-state index contributed by atoms with van der Waals surface area (Å²) in [5, 5.41) is 8.96. The van der Waals surface area contributed by atoms with Crippen molar-refractivity contribution >= 4 is 5.97 Å². The summed E-state index contributed by atoms with van der Waals surface area (Å²) in [6.45, 7) is 1.74. The zero-order valence-corrected chi connectivity index (χ0v) is 9.46. The third-order valence-electron chi connectivity index (χ3n) is 4.29. The standard InChI is InChI=1S/C13H20O2/c1-10(12(14)15)9-13-7-3-2-5-11(13)6-4-8-13/h9,11H,2-8H2,1H3,(H,14,15). The molecule has 2 fully saturated rings. The van der Waals surface area contributed by atoms with Gasteiger partial charge in [-0.05, 0) is 43.9 Å². The number of aliphatic carboxylic acids is 1. The lowest BCUT2D eigenvalue weighted by Crippen LogP contribution is -2.27. The van der Waals surface area contributed by atoms with Gasteiger partial charge in [0.25, 0.3) is 0 Å². The highest BCUT2D eigenvalue weighted by atomic mass is 16.4. The number of hydrogen-bond donors (Lipinski definition) is 1. The summed E-state index contributed by atoms with van der Waals surface area (Å²) in [6.07, 6.45) is 11.0. The van der Waals surface area contributed by atoms with Gasteiger partial charge in [0.1, 0.15) is 0 Å². The summed E-state index contributed by atoms with van der Waals surface area (Å²) in [7, 11) is 0. The lowest BCUT2D eigenvalue weighted by atomic mass is 9.67. The summed E-state index contributed by atoms with van der Waals surface area (Å²) in [4.78, 5) is 10.9. The van der Waals surface area contributed by atoms with Gasteiger partial charge in [-0.2, -0.15) is 0 Å². The molecular formula is C13H20O2. The van der Waals surface area contributed by atoms with Crippen LogP contribution in [0.5, 0.6) is 0 Å². The van der Waals surface area contributed by atoms with Gasteiger partial charge in [0.2, 0.25) is 0 Å². The highest BCUT2D eigenvalue weighted by Crippen LogP contribution is 2.53. The predicted octanol–water partition coefficient (Wildman–Crippen LogP) is 3.38. The number of carboxylic acid groups (broad SMARTS) is 1. The van der Waals surface area contributed by atoms with Crippen molar-refractivity contribution in [2.24, 2.45) is 11.3 Å². The molecule has 0 aromatic rings. The van der Waals surface area contributed by atoms with E-state index < -0.39 is 5.97 Å². The summed E-state index contributed by atoms with van der Waals surface area (Å²) < 4.78 is 0. The Kier molecular flexibility index (Phi) is 2.85. The molecule has 0 aliphatic heterocycles. The Hall–Kier alpha value is -0.790. The van der Waals surface area contributed by atoms with E-state index in [2.05, 4.69) is 6.08 Å². The Morgan fingerprint density at radius 3 is 2.67 bits per heavy atom. The minimum absolute atomic E-state index is 0.251. The van der Waals surface area contributed by atoms with Crippen molar-refractivity contribution in [3.8, 4) is 0 Å². The molecule has 0 saturated heterocycles. The second-order valence-corrected chi connectivity index (χ2v) is 5.20. The smallest absolute Gasteiger partial charge is 0.330 e. The molecule has 2 atom stereocenters. The molecule has 0 heterocycles. The highest BCUT2D eigenvalue weighted by molar-refractivity contribution is 5.85. The van der Waals surface area contributed by atoms with Gasteiger partial charge in [-0.15, -0.1) is 0 Å². The second kappa shape index (κ2) is 3.99. The molecule has 84 valence electrons. The first kappa shape index (κ1) is 10.7. The van der Waals surface area contributed by atoms with Crippen molar-refractivity contribution in [1.82, 2.24) is 0 Å². The fraction of sp³-hybridized carbons (Fsp3) is 0.769. The van der Waals surface area contributed by atoms with Crippen LogP contribution in [0.25, 0.3) is 0 Å². The van der Waals surface area contributed by atoms with Crippen LogP contribution in [0.1, 0.15) is 51.9 Å². The molecule has 2 aliphatic rings. The van der Waals surface area contributed by atoms with Gasteiger partial charge in [-0.1, -0.05) is 25.3 Å². The molecule has 0 spiro atoms. The molecule has 2 heteroatoms. The van der Waals surface area contributed by atoms with Crippen LogP contribution in [-0.2, 0) is 4.79 Å². The molecular weight excluding hydrogens is 188 g/mol. The van der Waals surface area contributed by atoms with E-state index in [1.165, 1.54) is 44.9 Å². The molecule has 2 unspecified atom stereocenters. The average Bonchev–Trinajstić information content (AvgIpc) is 2.60. The van der Waals surface area contributed by atoms with Crippen LogP contribution in [0.3, 0.4) is 0 Å². The SMILES string of the molecule is CC(=CC12CCCCC1CCC2)C(=O)O. The van der Waals surface area contributed by atoms with Crippen LogP contribution in [-0.4, -0.2) is 11.1 Å². The number of hydrogen-bond acceptors (Lipinski definition) is 1. The molecule has 1 N–H and O–H groups in total. The van der Waals surface area contributed by atoms with Gasteiger partial charge in [0.15, 0.2) is 0 Å². The van der Waals surface area contributed by atoms with Crippen LogP contribution in [0, 0.1) is 11.3 Å². The number of fused-ring (bicyclic) bond motifs is 1. The van der Waals surface area contributed by atoms with Crippen LogP contribution in [0.2, 0.25) is 0 Å². The topological polar surface area (TPSA) is 37.3 Å². The van der Waals surface area contributed by atoms with Crippen LogP contribution in [0.4, 0.5) is 0 Å². The van der Waals surface area contributed by atoms with Gasteiger partial charge in [0.05, 0.1) is 0 Å². The van der Waals surface area contributed by atoms with E-state index in [1.54, 1.807) is 6.92 Å². The Balaban J connectivity index is 2.23. The summed E-state index contributed by atoms with van der Waals surface area (Å²) in [5.41, 5.74) is 0.796. The van der Waals surface area contributed by atoms with E-state index in [1.807, 2.05) is 0 Å². The highest BCUT2D eigenvalue weighted by Gasteiger charge is 2.42. The third-order valence-corrected chi connectivity index (χ3v) is 4.29. The first-order chi connectivity index (χ1) is 7.14. The Bertz CT molecular complexity index is 293. The number of carbonyl (C=O) groups is 1. The largest absolute Gasteiger partial charge is 0.478 e. The maximum Gasteiger partial charge on any atom is 0.330 e. The Labute approximate surface area is 91.4 Å². The molecule has 0 aromatic carbocycles. The van der Waals surface area contributed by atoms with Crippen molar-refractivity contribution < 1.29 is 9.90 Å². The van der Waals surface area contributed by atoms with E-state index in [4.69, 9.17) is 5.11 Å². The zero-order chi connectivity index (χ0) is 10.9. The molecule has 0 amide bonds. The third kappa shape index (κ3) is 1.95. The quantitative estimate of drug-likeness (QED) is 0.706. The van der Waals surface area contributed by atoms with Crippen molar-refractivity contribution in [1.29, 1.82) is 0 Å². The molecule has 2 aliphatic carbocycles. The van der Waals surface area contributed by atoms with E-state index in [-0.39, 0.29) is 5.41 Å². The van der Waals surface area contributed by atoms with Crippen LogP contribution in [0.15, 0.2) is 11.6 Å². The minimum Gasteiger partial charge on any atom is -0.478 e. The maximum absolute atomic E-state index is 10.9. The summed E-state index contributed by atoms with van der Waals surface area (Å²) >= 11 is 0. The summed E-state index contributed by atoms with van der Waals surface area (Å²) in [6, 6.07) is 0. The first-order valence-corrected chi connectivity index (χ1v) is 6.07. The number of allylic oxidation sites excluding steroid dienone is 1. The number of rotatable bonds is 2. The van der Waals surface area contributed by atoms with Crippen molar-refractivity contribution in [2.45, 2.75) is 51.9 Å². The summed E-state index contributed by atoms with van der Waals surface area (Å²) in [5.74, 6) is 0.0150. The lowest BCUT2D eigenvalue weighted by molar-refractivity contribution is -0.132. The van der Waals surface area contributed by atoms with Gasteiger partial charge < -0.3 is 5.11 Å². The van der Waals surface area contributed by atoms with E-state index >= 15 is 0 Å². The maximum atomic E-state index is 10.9. The normalized spacial score (nSPS) is 36.3. The van der Waals surface area contributed by atoms with Crippen molar-refractivity contribution in [2.75, 3.05) is 0 Å². The molecule has 0 bridgehead atoms. The molecule has 2 saturated carbocycles. The predicted molar refractivity (Wildman–Crippen MR) is 59.6 cm³/mol. The first-order valence-electron chi connectivity index (χ1n) is 6.07. The van der Waals surface area contributed by atoms with Gasteiger partial charge in [-0.3, -0.25) is 0 Å². The van der Waals surface area contributed by atoms with Crippen LogP contribution >= 0.6 is 0 Å². The van der Waals surface area contributed by atoms with Gasteiger partial charge in [-0.25, -0.2) is 4.79 Å². The van der Waals surface area contributed by atoms with Gasteiger partial charge in [0, 0.05) is 5.57 Å². The zero-order valence-electron chi connectivity index (χ0n) is 9.46. The van der Waals surface area contributed by atoms with E-state index in [0.717, 1.165) is 5.92 Å². The second-order valence-electron chi connectivity index (χ2n) is 5.20. The monoisotopic (exact) mass is 208 g/mol. The van der Waals surface area contributed by atoms with Crippen molar-refractivity contribution in [3.63, 3.8) is 0 Å². The Morgan fingerprint density at radius 2 is 1.93 bits per heavy atom. The van der Waals surface area contributed by atoms with E-state index in [0.29, 0.717) is 5.57 Å². The van der Waals surface area contributed by atoms with E-state index in [9.17, 15) is 4.79 Å². The molecule has 0 radical (unpaired) electrons. The fourth-order valence-electron chi connectivity index (χ4n) is 3.53. The van der Waals surface area contributed by atoms with Crippen molar-refractivity contribution in [3.05, 3.63) is 11.6 Å². The fourth-order valence-corrected chi connectivity index (χ4v) is 3.53. The van der Waals surface area contributed by atoms with Crippen LogP contribution < -0.4 is 0 Å². The number of carboxylic acids is 1. The minimum atomic E-state index is -0.749. The van der Waals surface area contributed by atoms with Gasteiger partial charge >= 0.3 is 5.97 Å².